The van der Waals surface area contributed by atoms with E-state index in [1.807, 2.05) is 26.0 Å². The Labute approximate surface area is 93.5 Å². The Kier molecular flexibility index (Phi) is 2.78. The molecule has 0 aromatic carbocycles. The Balaban J connectivity index is 2.39. The molecule has 16 heavy (non-hydrogen) atoms. The number of aromatic nitrogens is 3. The highest BCUT2D eigenvalue weighted by Gasteiger charge is 2.12. The Bertz CT molecular complexity index is 540. The summed E-state index contributed by atoms with van der Waals surface area (Å²) in [7, 11) is 0. The van der Waals surface area contributed by atoms with E-state index in [-0.39, 0.29) is 11.7 Å². The summed E-state index contributed by atoms with van der Waals surface area (Å²) in [6, 6.07) is 5.42. The molecule has 0 amide bonds. The molecule has 0 radical (unpaired) electrons. The molecule has 0 saturated carbocycles. The van der Waals surface area contributed by atoms with Crippen LogP contribution >= 0.6 is 0 Å². The molecule has 2 rings (SSSR count). The molecule has 1 unspecified atom stereocenters. The molecule has 2 aromatic heterocycles. The molecule has 2 aromatic rings. The van der Waals surface area contributed by atoms with Gasteiger partial charge in [-0.3, -0.25) is 4.40 Å². The van der Waals surface area contributed by atoms with Gasteiger partial charge in [0.2, 0.25) is 0 Å². The third kappa shape index (κ3) is 1.86. The smallest absolute Gasteiger partial charge is 0.326 e. The number of hydrogen-bond acceptors (Lipinski definition) is 3. The van der Waals surface area contributed by atoms with Crippen LogP contribution in [0.25, 0.3) is 5.65 Å². The van der Waals surface area contributed by atoms with Gasteiger partial charge in [-0.25, -0.2) is 9.48 Å². The second kappa shape index (κ2) is 4.09. The third-order valence-electron chi connectivity index (χ3n) is 2.73. The molecule has 5 nitrogen and oxygen atoms in total. The molecule has 0 fully saturated rings. The van der Waals surface area contributed by atoms with Crippen molar-refractivity contribution < 1.29 is 0 Å². The van der Waals surface area contributed by atoms with Crippen LogP contribution in [0.1, 0.15) is 13.8 Å². The highest BCUT2D eigenvalue weighted by atomic mass is 16.2. The average Bonchev–Trinajstić information content (AvgIpc) is 2.56. The lowest BCUT2D eigenvalue weighted by Crippen LogP contribution is -2.36. The maximum Gasteiger partial charge on any atom is 0.350 e. The summed E-state index contributed by atoms with van der Waals surface area (Å²) in [6.07, 6.45) is 1.71. The van der Waals surface area contributed by atoms with Gasteiger partial charge in [-0.15, -0.1) is 5.10 Å². The molecular formula is C11H16N4O. The van der Waals surface area contributed by atoms with Crippen LogP contribution in [0.4, 0.5) is 0 Å². The second-order valence-corrected chi connectivity index (χ2v) is 4.30. The standard InChI is InChI=1S/C11H16N4O/c1-8(2)9(12)7-15-11(16)14-6-4-3-5-10(14)13-15/h3-6,8-9H,7,12H2,1-2H3. The SMILES string of the molecule is CC(C)C(N)Cn1nc2ccccn2c1=O. The molecular weight excluding hydrogens is 204 g/mol. The predicted octanol–water partition coefficient (Wildman–Crippen LogP) is 0.479. The molecule has 0 aliphatic rings. The van der Waals surface area contributed by atoms with Crippen LogP contribution in [0.3, 0.4) is 0 Å². The first-order valence-corrected chi connectivity index (χ1v) is 5.39. The first-order valence-electron chi connectivity index (χ1n) is 5.39. The van der Waals surface area contributed by atoms with Crippen molar-refractivity contribution in [3.63, 3.8) is 0 Å². The van der Waals surface area contributed by atoms with Crippen LogP contribution in [-0.4, -0.2) is 20.2 Å². The normalized spacial score (nSPS) is 13.5. The highest BCUT2D eigenvalue weighted by molar-refractivity contribution is 5.35. The van der Waals surface area contributed by atoms with E-state index in [0.29, 0.717) is 18.1 Å². The summed E-state index contributed by atoms with van der Waals surface area (Å²) in [6.45, 7) is 4.52. The first kappa shape index (κ1) is 10.9. The summed E-state index contributed by atoms with van der Waals surface area (Å²) >= 11 is 0. The Morgan fingerprint density at radius 2 is 2.19 bits per heavy atom. The minimum atomic E-state index is -0.133. The van der Waals surface area contributed by atoms with Crippen LogP contribution in [0.15, 0.2) is 29.2 Å². The van der Waals surface area contributed by atoms with Crippen LogP contribution < -0.4 is 11.4 Å². The fourth-order valence-electron chi connectivity index (χ4n) is 1.50. The Morgan fingerprint density at radius 3 is 2.81 bits per heavy atom. The molecule has 0 bridgehead atoms. The van der Waals surface area contributed by atoms with Crippen molar-refractivity contribution in [1.82, 2.24) is 14.2 Å². The Morgan fingerprint density at radius 1 is 1.44 bits per heavy atom. The van der Waals surface area contributed by atoms with E-state index < -0.39 is 0 Å². The largest absolute Gasteiger partial charge is 0.350 e. The van der Waals surface area contributed by atoms with Gasteiger partial charge in [0.05, 0.1) is 6.54 Å². The van der Waals surface area contributed by atoms with Crippen molar-refractivity contribution >= 4 is 5.65 Å². The number of hydrogen-bond donors (Lipinski definition) is 1. The zero-order valence-electron chi connectivity index (χ0n) is 9.50. The quantitative estimate of drug-likeness (QED) is 0.818. The van der Waals surface area contributed by atoms with Gasteiger partial charge in [-0.05, 0) is 18.1 Å². The van der Waals surface area contributed by atoms with Crippen LogP contribution in [0.2, 0.25) is 0 Å². The van der Waals surface area contributed by atoms with E-state index >= 15 is 0 Å². The topological polar surface area (TPSA) is 65.3 Å². The number of rotatable bonds is 3. The van der Waals surface area contributed by atoms with Gasteiger partial charge in [0, 0.05) is 12.2 Å². The zero-order valence-corrected chi connectivity index (χ0v) is 9.50. The van der Waals surface area contributed by atoms with Gasteiger partial charge in [0.25, 0.3) is 0 Å². The summed E-state index contributed by atoms with van der Waals surface area (Å²) in [4.78, 5) is 11.9. The van der Waals surface area contributed by atoms with Crippen molar-refractivity contribution in [2.45, 2.75) is 26.4 Å². The van der Waals surface area contributed by atoms with E-state index in [4.69, 9.17) is 5.73 Å². The number of nitrogens with two attached hydrogens (primary N) is 1. The van der Waals surface area contributed by atoms with Gasteiger partial charge in [0.15, 0.2) is 5.65 Å². The lowest BCUT2D eigenvalue weighted by atomic mass is 10.1. The monoisotopic (exact) mass is 220 g/mol. The van der Waals surface area contributed by atoms with E-state index in [1.165, 1.54) is 9.08 Å². The fourth-order valence-corrected chi connectivity index (χ4v) is 1.50. The molecule has 2 N–H and O–H groups in total. The Hall–Kier alpha value is -1.62. The summed E-state index contributed by atoms with van der Waals surface area (Å²) < 4.78 is 2.95. The van der Waals surface area contributed by atoms with Crippen molar-refractivity contribution in [3.8, 4) is 0 Å². The van der Waals surface area contributed by atoms with E-state index in [2.05, 4.69) is 5.10 Å². The minimum absolute atomic E-state index is 0.0531. The summed E-state index contributed by atoms with van der Waals surface area (Å²) in [5.74, 6) is 0.330. The van der Waals surface area contributed by atoms with E-state index in [1.54, 1.807) is 12.3 Å². The van der Waals surface area contributed by atoms with Crippen molar-refractivity contribution in [3.05, 3.63) is 34.9 Å². The van der Waals surface area contributed by atoms with Crippen LogP contribution in [0, 0.1) is 5.92 Å². The van der Waals surface area contributed by atoms with Crippen molar-refractivity contribution in [1.29, 1.82) is 0 Å². The van der Waals surface area contributed by atoms with Gasteiger partial charge in [-0.2, -0.15) is 0 Å². The number of nitrogens with zero attached hydrogens (tertiary/aromatic N) is 3. The first-order chi connectivity index (χ1) is 7.59. The maximum atomic E-state index is 11.9. The number of fused-ring (bicyclic) bond motifs is 1. The molecule has 0 aliphatic heterocycles. The zero-order chi connectivity index (χ0) is 11.7. The minimum Gasteiger partial charge on any atom is -0.326 e. The fraction of sp³-hybridized carbons (Fsp3) is 0.455. The molecule has 0 aliphatic carbocycles. The molecule has 86 valence electrons. The van der Waals surface area contributed by atoms with Crippen molar-refractivity contribution in [2.24, 2.45) is 11.7 Å². The maximum absolute atomic E-state index is 11.9. The molecule has 2 heterocycles. The van der Waals surface area contributed by atoms with E-state index in [0.717, 1.165) is 0 Å². The predicted molar refractivity (Wildman–Crippen MR) is 62.3 cm³/mol. The van der Waals surface area contributed by atoms with Crippen LogP contribution in [-0.2, 0) is 6.54 Å². The summed E-state index contributed by atoms with van der Waals surface area (Å²) in [5, 5.41) is 4.22. The van der Waals surface area contributed by atoms with E-state index in [9.17, 15) is 4.79 Å². The molecule has 1 atom stereocenters. The number of pyridine rings is 1. The summed E-state index contributed by atoms with van der Waals surface area (Å²) in [5.41, 5.74) is 6.45. The van der Waals surface area contributed by atoms with Gasteiger partial charge >= 0.3 is 5.69 Å². The molecule has 0 spiro atoms. The van der Waals surface area contributed by atoms with Crippen molar-refractivity contribution in [2.75, 3.05) is 0 Å². The molecule has 0 saturated heterocycles. The molecule has 5 heteroatoms. The van der Waals surface area contributed by atoms with Crippen LogP contribution in [0.5, 0.6) is 0 Å². The average molecular weight is 220 g/mol. The second-order valence-electron chi connectivity index (χ2n) is 4.30. The van der Waals surface area contributed by atoms with Gasteiger partial charge in [-0.1, -0.05) is 19.9 Å². The van der Waals surface area contributed by atoms with Gasteiger partial charge < -0.3 is 5.73 Å². The lowest BCUT2D eigenvalue weighted by molar-refractivity contribution is 0.407. The highest BCUT2D eigenvalue weighted by Crippen LogP contribution is 2.01. The lowest BCUT2D eigenvalue weighted by Gasteiger charge is -2.13. The van der Waals surface area contributed by atoms with Gasteiger partial charge in [0.1, 0.15) is 0 Å². The third-order valence-corrected chi connectivity index (χ3v) is 2.73.